The number of ether oxygens (including phenoxy) is 1. The molecule has 1 aromatic carbocycles. The molecule has 1 aromatic rings. The minimum Gasteiger partial charge on any atom is -0.465 e. The van der Waals surface area contributed by atoms with Crippen LogP contribution in [0, 0.1) is 0 Å². The van der Waals surface area contributed by atoms with Crippen molar-refractivity contribution in [3.63, 3.8) is 0 Å². The monoisotopic (exact) mass is 289 g/mol. The van der Waals surface area contributed by atoms with Crippen molar-refractivity contribution in [2.24, 2.45) is 0 Å². The van der Waals surface area contributed by atoms with Gasteiger partial charge in [-0.15, -0.1) is 0 Å². The molecule has 0 bridgehead atoms. The molecule has 18 heavy (non-hydrogen) atoms. The van der Waals surface area contributed by atoms with Gasteiger partial charge in [-0.05, 0) is 31.0 Å². The van der Waals surface area contributed by atoms with Crippen molar-refractivity contribution >= 4 is 33.3 Å². The lowest BCUT2D eigenvalue weighted by molar-refractivity contribution is 0.0602. The molecular weight excluding hydrogens is 278 g/mol. The van der Waals surface area contributed by atoms with Crippen LogP contribution in [0.1, 0.15) is 23.2 Å². The Hall–Kier alpha value is -1.27. The number of nitrogens with one attached hydrogen (secondary N) is 1. The van der Waals surface area contributed by atoms with Crippen LogP contribution in [0.15, 0.2) is 18.2 Å². The number of hydrogen-bond acceptors (Lipinski definition) is 4. The lowest BCUT2D eigenvalue weighted by Crippen LogP contribution is -2.19. The first-order chi connectivity index (χ1) is 8.44. The fourth-order valence-electron chi connectivity index (χ4n) is 1.50. The molecule has 0 radical (unpaired) electrons. The van der Waals surface area contributed by atoms with E-state index in [2.05, 4.69) is 9.46 Å². The van der Waals surface area contributed by atoms with Gasteiger partial charge in [0.1, 0.15) is 0 Å². The van der Waals surface area contributed by atoms with Crippen molar-refractivity contribution in [3.05, 3.63) is 28.8 Å². The van der Waals surface area contributed by atoms with Gasteiger partial charge >= 0.3 is 5.97 Å². The maximum Gasteiger partial charge on any atom is 0.340 e. The second-order valence-electron chi connectivity index (χ2n) is 4.03. The standard InChI is InChI=1S/C11H12ClNO4S/c1-17-11(14)9-6-7(12)2-5-10(9)13-18(15,16)8-3-4-8/h2,5-6,8,13H,3-4H2,1H3. The van der Waals surface area contributed by atoms with Crippen LogP contribution in [0.4, 0.5) is 5.69 Å². The van der Waals surface area contributed by atoms with E-state index in [1.807, 2.05) is 0 Å². The van der Waals surface area contributed by atoms with E-state index in [1.165, 1.54) is 25.3 Å². The number of benzene rings is 1. The van der Waals surface area contributed by atoms with Crippen LogP contribution in [0.2, 0.25) is 5.02 Å². The molecule has 0 aromatic heterocycles. The van der Waals surface area contributed by atoms with Crippen molar-refractivity contribution < 1.29 is 17.9 Å². The summed E-state index contributed by atoms with van der Waals surface area (Å²) in [5.41, 5.74) is 0.298. The quantitative estimate of drug-likeness (QED) is 0.861. The molecule has 1 saturated carbocycles. The van der Waals surface area contributed by atoms with Crippen LogP contribution >= 0.6 is 11.6 Å². The van der Waals surface area contributed by atoms with E-state index in [1.54, 1.807) is 0 Å². The predicted octanol–water partition coefficient (Wildman–Crippen LogP) is 2.03. The molecule has 0 unspecified atom stereocenters. The number of halogens is 1. The summed E-state index contributed by atoms with van der Waals surface area (Å²) >= 11 is 5.78. The molecule has 0 aliphatic heterocycles. The lowest BCUT2D eigenvalue weighted by Gasteiger charge is -2.11. The molecule has 2 rings (SSSR count). The van der Waals surface area contributed by atoms with Gasteiger partial charge in [0, 0.05) is 5.02 Å². The van der Waals surface area contributed by atoms with Crippen molar-refractivity contribution in [2.45, 2.75) is 18.1 Å². The van der Waals surface area contributed by atoms with Crippen molar-refractivity contribution in [1.82, 2.24) is 0 Å². The Bertz CT molecular complexity index is 581. The van der Waals surface area contributed by atoms with Gasteiger partial charge in [-0.1, -0.05) is 11.6 Å². The number of hydrogen-bond donors (Lipinski definition) is 1. The highest BCUT2D eigenvalue weighted by Crippen LogP contribution is 2.31. The zero-order valence-electron chi connectivity index (χ0n) is 9.64. The number of esters is 1. The summed E-state index contributed by atoms with van der Waals surface area (Å²) < 4.78 is 30.6. The Balaban J connectivity index is 2.35. The minimum atomic E-state index is -3.42. The summed E-state index contributed by atoms with van der Waals surface area (Å²) in [7, 11) is -2.19. The molecule has 0 spiro atoms. The molecule has 0 heterocycles. The molecule has 0 atom stereocenters. The van der Waals surface area contributed by atoms with Gasteiger partial charge in [0.25, 0.3) is 0 Å². The molecule has 98 valence electrons. The number of sulfonamides is 1. The van der Waals surface area contributed by atoms with Gasteiger partial charge in [0.05, 0.1) is 23.6 Å². The molecule has 7 heteroatoms. The third-order valence-corrected chi connectivity index (χ3v) is 4.69. The Morgan fingerprint density at radius 3 is 2.67 bits per heavy atom. The highest BCUT2D eigenvalue weighted by Gasteiger charge is 2.36. The third kappa shape index (κ3) is 2.76. The van der Waals surface area contributed by atoms with Gasteiger partial charge in [0.15, 0.2) is 0 Å². The predicted molar refractivity (Wildman–Crippen MR) is 68.4 cm³/mol. The van der Waals surface area contributed by atoms with E-state index >= 15 is 0 Å². The number of rotatable bonds is 4. The van der Waals surface area contributed by atoms with E-state index < -0.39 is 16.0 Å². The van der Waals surface area contributed by atoms with E-state index in [0.29, 0.717) is 17.9 Å². The number of carbonyl (C=O) groups excluding carboxylic acids is 1. The smallest absolute Gasteiger partial charge is 0.340 e. The first kappa shape index (κ1) is 13.2. The highest BCUT2D eigenvalue weighted by molar-refractivity contribution is 7.93. The number of anilines is 1. The summed E-state index contributed by atoms with van der Waals surface area (Å²) in [6.07, 6.45) is 1.30. The van der Waals surface area contributed by atoms with Gasteiger partial charge in [0.2, 0.25) is 10.0 Å². The van der Waals surface area contributed by atoms with Crippen LogP contribution in [0.25, 0.3) is 0 Å². The van der Waals surface area contributed by atoms with E-state index in [0.717, 1.165) is 0 Å². The normalized spacial score (nSPS) is 15.2. The summed E-state index contributed by atoms with van der Waals surface area (Å²) in [6.45, 7) is 0. The minimum absolute atomic E-state index is 0.106. The summed E-state index contributed by atoms with van der Waals surface area (Å²) in [4.78, 5) is 11.5. The zero-order chi connectivity index (χ0) is 13.3. The van der Waals surface area contributed by atoms with E-state index in [9.17, 15) is 13.2 Å². The molecule has 1 aliphatic rings. The topological polar surface area (TPSA) is 72.5 Å². The second-order valence-corrected chi connectivity index (χ2v) is 6.43. The first-order valence-electron chi connectivity index (χ1n) is 5.33. The van der Waals surface area contributed by atoms with Crippen molar-refractivity contribution in [3.8, 4) is 0 Å². The van der Waals surface area contributed by atoms with Crippen molar-refractivity contribution in [1.29, 1.82) is 0 Å². The Morgan fingerprint density at radius 1 is 1.44 bits per heavy atom. The molecule has 0 saturated heterocycles. The average Bonchev–Trinajstić information content (AvgIpc) is 3.14. The first-order valence-corrected chi connectivity index (χ1v) is 7.26. The third-order valence-electron chi connectivity index (χ3n) is 2.60. The maximum absolute atomic E-state index is 11.8. The molecule has 0 amide bonds. The molecule has 1 N–H and O–H groups in total. The second kappa shape index (κ2) is 4.78. The van der Waals surface area contributed by atoms with Crippen LogP contribution in [-0.2, 0) is 14.8 Å². The highest BCUT2D eigenvalue weighted by atomic mass is 35.5. The molecular formula is C11H12ClNO4S. The Labute approximate surface area is 110 Å². The van der Waals surface area contributed by atoms with Crippen molar-refractivity contribution in [2.75, 3.05) is 11.8 Å². The van der Waals surface area contributed by atoms with Gasteiger partial charge < -0.3 is 4.74 Å². The molecule has 5 nitrogen and oxygen atoms in total. The summed E-state index contributed by atoms with van der Waals surface area (Å²) in [5.74, 6) is -0.633. The Morgan fingerprint density at radius 2 is 2.11 bits per heavy atom. The Kier molecular flexibility index (Phi) is 3.49. The molecule has 1 aliphatic carbocycles. The van der Waals surface area contributed by atoms with Gasteiger partial charge in [-0.3, -0.25) is 4.72 Å². The summed E-state index contributed by atoms with van der Waals surface area (Å²) in [6, 6.07) is 4.34. The van der Waals surface area contributed by atoms with Gasteiger partial charge in [-0.25, -0.2) is 13.2 Å². The number of carbonyl (C=O) groups is 1. The summed E-state index contributed by atoms with van der Waals surface area (Å²) in [5, 5.41) is -0.0246. The molecule has 1 fully saturated rings. The van der Waals surface area contributed by atoms with Gasteiger partial charge in [-0.2, -0.15) is 0 Å². The van der Waals surface area contributed by atoms with Crippen LogP contribution in [-0.4, -0.2) is 26.7 Å². The average molecular weight is 290 g/mol. The lowest BCUT2D eigenvalue weighted by atomic mass is 10.2. The maximum atomic E-state index is 11.8. The van der Waals surface area contributed by atoms with Crippen LogP contribution in [0.5, 0.6) is 0 Å². The fourth-order valence-corrected chi connectivity index (χ4v) is 3.08. The zero-order valence-corrected chi connectivity index (χ0v) is 11.2. The fraction of sp³-hybridized carbons (Fsp3) is 0.364. The van der Waals surface area contributed by atoms with Crippen LogP contribution in [0.3, 0.4) is 0 Å². The number of methoxy groups -OCH3 is 1. The SMILES string of the molecule is COC(=O)c1cc(Cl)ccc1NS(=O)(=O)C1CC1. The van der Waals surface area contributed by atoms with E-state index in [4.69, 9.17) is 11.6 Å². The largest absolute Gasteiger partial charge is 0.465 e. The van der Waals surface area contributed by atoms with E-state index in [-0.39, 0.29) is 16.5 Å². The van der Waals surface area contributed by atoms with Crippen LogP contribution < -0.4 is 4.72 Å².